The Balaban J connectivity index is 1.74. The van der Waals surface area contributed by atoms with Crippen LogP contribution in [0.3, 0.4) is 0 Å². The molecule has 3 rings (SSSR count). The Kier molecular flexibility index (Phi) is 4.88. The van der Waals surface area contributed by atoms with E-state index in [4.69, 9.17) is 9.63 Å². The molecule has 1 N–H and O–H groups in total. The number of amides is 1. The molecule has 3 heterocycles. The van der Waals surface area contributed by atoms with Gasteiger partial charge in [0.2, 0.25) is 0 Å². The molecule has 7 heteroatoms. The van der Waals surface area contributed by atoms with Gasteiger partial charge in [0.1, 0.15) is 0 Å². The highest BCUT2D eigenvalue weighted by molar-refractivity contribution is 5.93. The highest BCUT2D eigenvalue weighted by atomic mass is 16.5. The van der Waals surface area contributed by atoms with Crippen LogP contribution in [-0.2, 0) is 4.79 Å². The molecule has 0 aromatic carbocycles. The van der Waals surface area contributed by atoms with E-state index in [2.05, 4.69) is 10.1 Å². The van der Waals surface area contributed by atoms with Gasteiger partial charge < -0.3 is 14.5 Å². The van der Waals surface area contributed by atoms with Crippen molar-refractivity contribution in [2.75, 3.05) is 6.54 Å². The fourth-order valence-corrected chi connectivity index (χ4v) is 3.03. The van der Waals surface area contributed by atoms with Crippen molar-refractivity contribution in [2.45, 2.75) is 38.1 Å². The summed E-state index contributed by atoms with van der Waals surface area (Å²) in [4.78, 5) is 29.3. The summed E-state index contributed by atoms with van der Waals surface area (Å²) in [6.45, 7) is 0.623. The van der Waals surface area contributed by atoms with Crippen molar-refractivity contribution in [3.05, 3.63) is 36.3 Å². The van der Waals surface area contributed by atoms with E-state index in [1.807, 2.05) is 6.07 Å². The molecule has 1 amide bonds. The van der Waals surface area contributed by atoms with E-state index in [0.29, 0.717) is 18.7 Å². The lowest BCUT2D eigenvalue weighted by Crippen LogP contribution is -2.44. The predicted octanol–water partition coefficient (Wildman–Crippen LogP) is 2.60. The van der Waals surface area contributed by atoms with Gasteiger partial charge in [0.05, 0.1) is 0 Å². The minimum absolute atomic E-state index is 0.0547. The summed E-state index contributed by atoms with van der Waals surface area (Å²) in [5.41, 5.74) is 1.00. The SMILES string of the molecule is O=C(O)CCC1CCCCN1C(=O)c1cc(-c2cccnc2)on1. The van der Waals surface area contributed by atoms with Gasteiger partial charge >= 0.3 is 5.97 Å². The topological polar surface area (TPSA) is 96.5 Å². The van der Waals surface area contributed by atoms with Crippen molar-refractivity contribution >= 4 is 11.9 Å². The molecule has 1 aliphatic heterocycles. The van der Waals surface area contributed by atoms with Crippen molar-refractivity contribution in [3.63, 3.8) is 0 Å². The van der Waals surface area contributed by atoms with E-state index < -0.39 is 5.97 Å². The first-order valence-corrected chi connectivity index (χ1v) is 8.05. The zero-order valence-electron chi connectivity index (χ0n) is 13.2. The van der Waals surface area contributed by atoms with Gasteiger partial charge in [0.25, 0.3) is 5.91 Å². The average molecular weight is 329 g/mol. The van der Waals surface area contributed by atoms with Crippen LogP contribution in [0.15, 0.2) is 35.1 Å². The number of hydrogen-bond donors (Lipinski definition) is 1. The lowest BCUT2D eigenvalue weighted by Gasteiger charge is -2.35. The van der Waals surface area contributed by atoms with Gasteiger partial charge in [-0.2, -0.15) is 0 Å². The van der Waals surface area contributed by atoms with Gasteiger partial charge in [0, 0.05) is 43.0 Å². The second-order valence-electron chi connectivity index (χ2n) is 5.90. The predicted molar refractivity (Wildman–Crippen MR) is 85.3 cm³/mol. The Hall–Kier alpha value is -2.70. The molecule has 1 fully saturated rings. The van der Waals surface area contributed by atoms with Crippen LogP contribution in [0.25, 0.3) is 11.3 Å². The number of likely N-dealkylation sites (tertiary alicyclic amines) is 1. The average Bonchev–Trinajstić information content (AvgIpc) is 3.10. The minimum atomic E-state index is -0.840. The Morgan fingerprint density at radius 1 is 1.38 bits per heavy atom. The number of carbonyl (C=O) groups is 2. The fraction of sp³-hybridized carbons (Fsp3) is 0.412. The van der Waals surface area contributed by atoms with Crippen LogP contribution < -0.4 is 0 Å². The zero-order chi connectivity index (χ0) is 16.9. The summed E-state index contributed by atoms with van der Waals surface area (Å²) < 4.78 is 5.26. The smallest absolute Gasteiger partial charge is 0.303 e. The third-order valence-electron chi connectivity index (χ3n) is 4.25. The first kappa shape index (κ1) is 16.2. The maximum absolute atomic E-state index is 12.7. The number of carbonyl (C=O) groups excluding carboxylic acids is 1. The molecular formula is C17H19N3O4. The summed E-state index contributed by atoms with van der Waals surface area (Å²) >= 11 is 0. The molecular weight excluding hydrogens is 310 g/mol. The first-order chi connectivity index (χ1) is 11.6. The third kappa shape index (κ3) is 3.61. The molecule has 1 atom stereocenters. The van der Waals surface area contributed by atoms with Crippen LogP contribution in [0.1, 0.15) is 42.6 Å². The number of piperidine rings is 1. The van der Waals surface area contributed by atoms with Gasteiger partial charge in [-0.3, -0.25) is 14.6 Å². The summed E-state index contributed by atoms with van der Waals surface area (Å²) in [5, 5.41) is 12.8. The summed E-state index contributed by atoms with van der Waals surface area (Å²) in [6, 6.07) is 5.17. The number of carboxylic acid groups (broad SMARTS) is 1. The Labute approximate surface area is 139 Å². The summed E-state index contributed by atoms with van der Waals surface area (Å²) in [6.07, 6.45) is 6.59. The molecule has 126 valence electrons. The van der Waals surface area contributed by atoms with E-state index in [9.17, 15) is 9.59 Å². The molecule has 0 radical (unpaired) electrons. The van der Waals surface area contributed by atoms with Crippen LogP contribution in [-0.4, -0.2) is 44.6 Å². The first-order valence-electron chi connectivity index (χ1n) is 8.05. The standard InChI is InChI=1S/C17H19N3O4/c21-16(22)7-6-13-5-1-2-9-20(13)17(23)14-10-15(24-19-14)12-4-3-8-18-11-12/h3-4,8,10-11,13H,1-2,5-7,9H2,(H,21,22). The van der Waals surface area contributed by atoms with E-state index in [1.54, 1.807) is 29.4 Å². The van der Waals surface area contributed by atoms with Crippen molar-refractivity contribution in [1.82, 2.24) is 15.0 Å². The number of aromatic nitrogens is 2. The number of hydrogen-bond acceptors (Lipinski definition) is 5. The maximum atomic E-state index is 12.7. The quantitative estimate of drug-likeness (QED) is 0.905. The van der Waals surface area contributed by atoms with Gasteiger partial charge in [-0.05, 0) is 37.8 Å². The minimum Gasteiger partial charge on any atom is -0.481 e. The second kappa shape index (κ2) is 7.25. The molecule has 0 saturated carbocycles. The Morgan fingerprint density at radius 2 is 2.25 bits per heavy atom. The molecule has 0 bridgehead atoms. The lowest BCUT2D eigenvalue weighted by molar-refractivity contribution is -0.137. The summed E-state index contributed by atoms with van der Waals surface area (Å²) in [5.74, 6) is -0.553. The second-order valence-corrected chi connectivity index (χ2v) is 5.90. The maximum Gasteiger partial charge on any atom is 0.303 e. The van der Waals surface area contributed by atoms with Gasteiger partial charge in [0.15, 0.2) is 11.5 Å². The molecule has 7 nitrogen and oxygen atoms in total. The molecule has 2 aromatic rings. The fourth-order valence-electron chi connectivity index (χ4n) is 3.03. The van der Waals surface area contributed by atoms with Crippen LogP contribution in [0.4, 0.5) is 0 Å². The Morgan fingerprint density at radius 3 is 3.00 bits per heavy atom. The van der Waals surface area contributed by atoms with Crippen molar-refractivity contribution < 1.29 is 19.2 Å². The monoisotopic (exact) mass is 329 g/mol. The Bertz CT molecular complexity index is 714. The van der Waals surface area contributed by atoms with E-state index in [-0.39, 0.29) is 24.1 Å². The molecule has 1 saturated heterocycles. The number of nitrogens with zero attached hydrogens (tertiary/aromatic N) is 3. The van der Waals surface area contributed by atoms with Crippen molar-refractivity contribution in [2.24, 2.45) is 0 Å². The lowest BCUT2D eigenvalue weighted by atomic mass is 9.97. The number of pyridine rings is 1. The van der Waals surface area contributed by atoms with Crippen LogP contribution in [0, 0.1) is 0 Å². The largest absolute Gasteiger partial charge is 0.481 e. The molecule has 0 spiro atoms. The van der Waals surface area contributed by atoms with Gasteiger partial charge in [-0.25, -0.2) is 0 Å². The highest BCUT2D eigenvalue weighted by Gasteiger charge is 2.29. The molecule has 0 aliphatic carbocycles. The summed E-state index contributed by atoms with van der Waals surface area (Å²) in [7, 11) is 0. The molecule has 24 heavy (non-hydrogen) atoms. The molecule has 2 aromatic heterocycles. The van der Waals surface area contributed by atoms with Gasteiger partial charge in [-0.1, -0.05) is 5.16 Å². The van der Waals surface area contributed by atoms with Crippen LogP contribution in [0.5, 0.6) is 0 Å². The third-order valence-corrected chi connectivity index (χ3v) is 4.25. The molecule has 1 unspecified atom stereocenters. The van der Waals surface area contributed by atoms with Crippen molar-refractivity contribution in [3.8, 4) is 11.3 Å². The van der Waals surface area contributed by atoms with E-state index in [0.717, 1.165) is 24.8 Å². The normalized spacial score (nSPS) is 17.7. The number of carboxylic acids is 1. The molecule has 1 aliphatic rings. The van der Waals surface area contributed by atoms with Crippen LogP contribution in [0.2, 0.25) is 0 Å². The van der Waals surface area contributed by atoms with E-state index in [1.165, 1.54) is 0 Å². The number of rotatable bonds is 5. The van der Waals surface area contributed by atoms with Crippen LogP contribution >= 0.6 is 0 Å². The number of aliphatic carboxylic acids is 1. The highest BCUT2D eigenvalue weighted by Crippen LogP contribution is 2.25. The zero-order valence-corrected chi connectivity index (χ0v) is 13.2. The van der Waals surface area contributed by atoms with E-state index >= 15 is 0 Å². The van der Waals surface area contributed by atoms with Gasteiger partial charge in [-0.15, -0.1) is 0 Å². The van der Waals surface area contributed by atoms with Crippen molar-refractivity contribution in [1.29, 1.82) is 0 Å².